The second-order valence-electron chi connectivity index (χ2n) is 5.13. The number of hydrogen-bond donors (Lipinski definition) is 1. The zero-order chi connectivity index (χ0) is 15.2. The van der Waals surface area contributed by atoms with Crippen molar-refractivity contribution in [2.24, 2.45) is 0 Å². The van der Waals surface area contributed by atoms with Crippen LogP contribution in [0, 0.1) is 0 Å². The highest BCUT2D eigenvalue weighted by atomic mass is 35.5. The molecule has 0 unspecified atom stereocenters. The minimum Gasteiger partial charge on any atom is -0.489 e. The van der Waals surface area contributed by atoms with Crippen LogP contribution in [0.2, 0.25) is 10.0 Å². The van der Waals surface area contributed by atoms with Gasteiger partial charge in [-0.15, -0.1) is 0 Å². The van der Waals surface area contributed by atoms with E-state index < -0.39 is 0 Å². The maximum absolute atomic E-state index is 6.24. The molecule has 0 atom stereocenters. The van der Waals surface area contributed by atoms with Crippen molar-refractivity contribution in [2.45, 2.75) is 33.0 Å². The van der Waals surface area contributed by atoms with Crippen molar-refractivity contribution in [3.05, 3.63) is 63.6 Å². The van der Waals surface area contributed by atoms with Gasteiger partial charge >= 0.3 is 0 Å². The molecule has 2 aromatic rings. The van der Waals surface area contributed by atoms with Crippen LogP contribution >= 0.6 is 23.2 Å². The molecule has 0 saturated heterocycles. The maximum atomic E-state index is 6.24. The Kier molecular flexibility index (Phi) is 5.92. The van der Waals surface area contributed by atoms with Gasteiger partial charge in [0.1, 0.15) is 5.75 Å². The molecule has 2 aromatic carbocycles. The molecule has 112 valence electrons. The molecule has 0 aliphatic heterocycles. The second kappa shape index (κ2) is 7.69. The van der Waals surface area contributed by atoms with Crippen molar-refractivity contribution >= 4 is 23.2 Å². The summed E-state index contributed by atoms with van der Waals surface area (Å²) in [6.45, 7) is 5.39. The van der Waals surface area contributed by atoms with E-state index in [-0.39, 0.29) is 6.10 Å². The lowest BCUT2D eigenvalue weighted by Crippen LogP contribution is -2.15. The van der Waals surface area contributed by atoms with E-state index in [2.05, 4.69) is 17.4 Å². The van der Waals surface area contributed by atoms with Crippen LogP contribution in [-0.4, -0.2) is 6.10 Å². The molecule has 0 aliphatic rings. The standard InChI is InChI=1S/C17H19Cl2NO/c1-12(2)21-17-14(8-15(18)9-16(17)19)11-20-10-13-6-4-3-5-7-13/h3-9,12,20H,10-11H2,1-2H3. The first-order valence-corrected chi connectivity index (χ1v) is 7.71. The number of ether oxygens (including phenoxy) is 1. The van der Waals surface area contributed by atoms with Gasteiger partial charge in [0.25, 0.3) is 0 Å². The van der Waals surface area contributed by atoms with Crippen LogP contribution in [0.1, 0.15) is 25.0 Å². The summed E-state index contributed by atoms with van der Waals surface area (Å²) in [5, 5.41) is 4.56. The average Bonchev–Trinajstić information content (AvgIpc) is 2.43. The minimum absolute atomic E-state index is 0.0662. The lowest BCUT2D eigenvalue weighted by Gasteiger charge is -2.17. The Bertz CT molecular complexity index is 585. The van der Waals surface area contributed by atoms with E-state index >= 15 is 0 Å². The Balaban J connectivity index is 2.07. The summed E-state index contributed by atoms with van der Waals surface area (Å²) < 4.78 is 5.80. The highest BCUT2D eigenvalue weighted by Crippen LogP contribution is 2.33. The lowest BCUT2D eigenvalue weighted by molar-refractivity contribution is 0.239. The molecule has 0 spiro atoms. The molecule has 1 N–H and O–H groups in total. The van der Waals surface area contributed by atoms with Gasteiger partial charge in [-0.1, -0.05) is 53.5 Å². The molecule has 4 heteroatoms. The van der Waals surface area contributed by atoms with Crippen LogP contribution < -0.4 is 10.1 Å². The molecule has 0 aliphatic carbocycles. The number of halogens is 2. The van der Waals surface area contributed by atoms with Crippen LogP contribution in [0.25, 0.3) is 0 Å². The van der Waals surface area contributed by atoms with E-state index in [1.165, 1.54) is 5.56 Å². The fraction of sp³-hybridized carbons (Fsp3) is 0.294. The molecule has 0 saturated carbocycles. The summed E-state index contributed by atoms with van der Waals surface area (Å²) in [5.74, 6) is 0.705. The summed E-state index contributed by atoms with van der Waals surface area (Å²) in [6, 6.07) is 13.8. The Morgan fingerprint density at radius 3 is 2.43 bits per heavy atom. The van der Waals surface area contributed by atoms with Crippen molar-refractivity contribution in [3.63, 3.8) is 0 Å². The monoisotopic (exact) mass is 323 g/mol. The van der Waals surface area contributed by atoms with Gasteiger partial charge in [0.15, 0.2) is 0 Å². The lowest BCUT2D eigenvalue weighted by atomic mass is 10.1. The van der Waals surface area contributed by atoms with Crippen LogP contribution in [0.5, 0.6) is 5.75 Å². The number of benzene rings is 2. The largest absolute Gasteiger partial charge is 0.489 e. The van der Waals surface area contributed by atoms with Gasteiger partial charge in [0.05, 0.1) is 11.1 Å². The van der Waals surface area contributed by atoms with Gasteiger partial charge in [-0.25, -0.2) is 0 Å². The first-order chi connectivity index (χ1) is 10.1. The fourth-order valence-corrected chi connectivity index (χ4v) is 2.63. The number of rotatable bonds is 6. The van der Waals surface area contributed by atoms with Crippen LogP contribution in [0.4, 0.5) is 0 Å². The zero-order valence-electron chi connectivity index (χ0n) is 12.2. The Labute approximate surface area is 136 Å². The zero-order valence-corrected chi connectivity index (χ0v) is 13.7. The highest BCUT2D eigenvalue weighted by molar-refractivity contribution is 6.35. The predicted molar refractivity (Wildman–Crippen MR) is 89.2 cm³/mol. The van der Waals surface area contributed by atoms with E-state index in [4.69, 9.17) is 27.9 Å². The van der Waals surface area contributed by atoms with Crippen LogP contribution in [0.3, 0.4) is 0 Å². The Hall–Kier alpha value is -1.22. The molecular formula is C17H19Cl2NO. The van der Waals surface area contributed by atoms with Crippen molar-refractivity contribution < 1.29 is 4.74 Å². The van der Waals surface area contributed by atoms with Gasteiger partial charge in [-0.2, -0.15) is 0 Å². The van der Waals surface area contributed by atoms with Gasteiger partial charge in [-0.05, 0) is 31.5 Å². The minimum atomic E-state index is 0.0662. The van der Waals surface area contributed by atoms with Gasteiger partial charge in [0, 0.05) is 23.7 Å². The number of nitrogens with one attached hydrogen (secondary N) is 1. The Morgan fingerprint density at radius 2 is 1.76 bits per heavy atom. The van der Waals surface area contributed by atoms with Crippen LogP contribution in [-0.2, 0) is 13.1 Å². The van der Waals surface area contributed by atoms with E-state index in [0.29, 0.717) is 22.3 Å². The summed E-state index contributed by atoms with van der Waals surface area (Å²) in [4.78, 5) is 0. The van der Waals surface area contributed by atoms with E-state index in [0.717, 1.165) is 12.1 Å². The van der Waals surface area contributed by atoms with Crippen molar-refractivity contribution in [3.8, 4) is 5.75 Å². The van der Waals surface area contributed by atoms with Gasteiger partial charge in [-0.3, -0.25) is 0 Å². The van der Waals surface area contributed by atoms with Crippen molar-refractivity contribution in [1.82, 2.24) is 5.32 Å². The first kappa shape index (κ1) is 16.2. The fourth-order valence-electron chi connectivity index (χ4n) is 2.05. The van der Waals surface area contributed by atoms with Gasteiger partial charge in [0.2, 0.25) is 0 Å². The van der Waals surface area contributed by atoms with Crippen molar-refractivity contribution in [2.75, 3.05) is 0 Å². The van der Waals surface area contributed by atoms with E-state index in [1.807, 2.05) is 38.1 Å². The maximum Gasteiger partial charge on any atom is 0.142 e. The topological polar surface area (TPSA) is 21.3 Å². The number of hydrogen-bond acceptors (Lipinski definition) is 2. The molecule has 0 fully saturated rings. The summed E-state index contributed by atoms with van der Waals surface area (Å²) in [7, 11) is 0. The molecule has 21 heavy (non-hydrogen) atoms. The van der Waals surface area contributed by atoms with Crippen LogP contribution in [0.15, 0.2) is 42.5 Å². The first-order valence-electron chi connectivity index (χ1n) is 6.95. The molecule has 0 heterocycles. The summed E-state index contributed by atoms with van der Waals surface area (Å²) in [5.41, 5.74) is 2.20. The van der Waals surface area contributed by atoms with Crippen molar-refractivity contribution in [1.29, 1.82) is 0 Å². The average molecular weight is 324 g/mol. The molecule has 2 nitrogen and oxygen atoms in total. The molecular weight excluding hydrogens is 305 g/mol. The third kappa shape index (κ3) is 4.92. The summed E-state index contributed by atoms with van der Waals surface area (Å²) in [6.07, 6.45) is 0.0662. The SMILES string of the molecule is CC(C)Oc1c(Cl)cc(Cl)cc1CNCc1ccccc1. The molecule has 0 aromatic heterocycles. The molecule has 0 radical (unpaired) electrons. The van der Waals surface area contributed by atoms with Gasteiger partial charge < -0.3 is 10.1 Å². The predicted octanol–water partition coefficient (Wildman–Crippen LogP) is 5.07. The summed E-state index contributed by atoms with van der Waals surface area (Å²) >= 11 is 12.3. The quantitative estimate of drug-likeness (QED) is 0.801. The molecule has 0 bridgehead atoms. The second-order valence-corrected chi connectivity index (χ2v) is 5.98. The third-order valence-electron chi connectivity index (χ3n) is 2.93. The van der Waals surface area contributed by atoms with E-state index in [9.17, 15) is 0 Å². The normalized spacial score (nSPS) is 10.9. The Morgan fingerprint density at radius 1 is 1.05 bits per heavy atom. The highest BCUT2D eigenvalue weighted by Gasteiger charge is 2.12. The molecule has 2 rings (SSSR count). The van der Waals surface area contributed by atoms with E-state index in [1.54, 1.807) is 6.07 Å². The molecule has 0 amide bonds. The smallest absolute Gasteiger partial charge is 0.142 e. The third-order valence-corrected chi connectivity index (χ3v) is 3.43.